The van der Waals surface area contributed by atoms with E-state index in [2.05, 4.69) is 10.1 Å². The zero-order chi connectivity index (χ0) is 17.0. The molecular weight excluding hydrogens is 332 g/mol. The SMILES string of the molecule is CC(=O)c1ccc(Cl)cc1S(C)(C#N)NC(=O)c1ccccc1. The van der Waals surface area contributed by atoms with Crippen molar-refractivity contribution in [1.82, 2.24) is 4.72 Å². The molecule has 2 aromatic rings. The van der Waals surface area contributed by atoms with Gasteiger partial charge in [-0.15, -0.1) is 0 Å². The number of hydrogen-bond acceptors (Lipinski definition) is 3. The Labute approximate surface area is 141 Å². The molecule has 0 aliphatic heterocycles. The van der Waals surface area contributed by atoms with Crippen molar-refractivity contribution in [3.8, 4) is 5.40 Å². The molecule has 0 heterocycles. The molecule has 0 saturated heterocycles. The number of nitriles is 1. The maximum absolute atomic E-state index is 12.4. The molecule has 1 N–H and O–H groups in total. The molecule has 118 valence electrons. The Hall–Kier alpha value is -2.29. The first kappa shape index (κ1) is 17.1. The quantitative estimate of drug-likeness (QED) is 0.667. The van der Waals surface area contributed by atoms with Crippen LogP contribution in [0.3, 0.4) is 0 Å². The minimum absolute atomic E-state index is 0.181. The highest BCUT2D eigenvalue weighted by molar-refractivity contribution is 8.35. The number of Topliss-reactive ketones (excluding diaryl/α,β-unsaturated/α-hetero) is 1. The van der Waals surface area contributed by atoms with E-state index in [1.807, 2.05) is 0 Å². The fourth-order valence-electron chi connectivity index (χ4n) is 2.09. The topological polar surface area (TPSA) is 70.0 Å². The summed E-state index contributed by atoms with van der Waals surface area (Å²) in [4.78, 5) is 24.7. The van der Waals surface area contributed by atoms with E-state index in [1.54, 1.807) is 54.8 Å². The van der Waals surface area contributed by atoms with Crippen LogP contribution in [0.4, 0.5) is 0 Å². The van der Waals surface area contributed by atoms with Crippen LogP contribution < -0.4 is 4.72 Å². The fraction of sp³-hybridized carbons (Fsp3) is 0.118. The number of thiocyanates is 1. The van der Waals surface area contributed by atoms with E-state index in [1.165, 1.54) is 6.92 Å². The lowest BCUT2D eigenvalue weighted by Gasteiger charge is -2.30. The summed E-state index contributed by atoms with van der Waals surface area (Å²) >= 11 is 6.02. The molecule has 0 aliphatic rings. The monoisotopic (exact) mass is 346 g/mol. The highest BCUT2D eigenvalue weighted by Gasteiger charge is 2.28. The van der Waals surface area contributed by atoms with Crippen molar-refractivity contribution in [2.24, 2.45) is 0 Å². The average molecular weight is 347 g/mol. The second-order valence-corrected chi connectivity index (χ2v) is 8.10. The van der Waals surface area contributed by atoms with Crippen LogP contribution >= 0.6 is 21.8 Å². The third-order valence-electron chi connectivity index (χ3n) is 3.28. The first-order chi connectivity index (χ1) is 10.9. The Morgan fingerprint density at radius 2 is 1.83 bits per heavy atom. The van der Waals surface area contributed by atoms with E-state index in [9.17, 15) is 14.9 Å². The van der Waals surface area contributed by atoms with Gasteiger partial charge in [0.25, 0.3) is 5.91 Å². The van der Waals surface area contributed by atoms with E-state index >= 15 is 0 Å². The van der Waals surface area contributed by atoms with Gasteiger partial charge in [-0.1, -0.05) is 40.0 Å². The number of nitrogens with zero attached hydrogens (tertiary/aromatic N) is 1. The number of carbonyl (C=O) groups is 2. The lowest BCUT2D eigenvalue weighted by molar-refractivity contribution is 0.0979. The molecule has 0 aliphatic carbocycles. The highest BCUT2D eigenvalue weighted by Crippen LogP contribution is 2.50. The second-order valence-electron chi connectivity index (χ2n) is 5.00. The Bertz CT molecular complexity index is 802. The highest BCUT2D eigenvalue weighted by atomic mass is 35.5. The number of carbonyl (C=O) groups excluding carboxylic acids is 2. The smallest absolute Gasteiger partial charge is 0.260 e. The molecule has 0 fully saturated rings. The maximum Gasteiger partial charge on any atom is 0.260 e. The predicted molar refractivity (Wildman–Crippen MR) is 92.8 cm³/mol. The molecule has 4 nitrogen and oxygen atoms in total. The summed E-state index contributed by atoms with van der Waals surface area (Å²) in [6.45, 7) is 1.42. The lowest BCUT2D eigenvalue weighted by Crippen LogP contribution is -2.27. The summed E-state index contributed by atoms with van der Waals surface area (Å²) < 4.78 is 2.77. The van der Waals surface area contributed by atoms with Crippen LogP contribution in [0.15, 0.2) is 53.4 Å². The minimum atomic E-state index is -2.40. The van der Waals surface area contributed by atoms with Crippen LogP contribution in [0.25, 0.3) is 0 Å². The molecule has 0 saturated carbocycles. The number of hydrogen-bond donors (Lipinski definition) is 1. The van der Waals surface area contributed by atoms with E-state index in [0.717, 1.165) is 0 Å². The van der Waals surface area contributed by atoms with Gasteiger partial charge in [0, 0.05) is 21.0 Å². The zero-order valence-electron chi connectivity index (χ0n) is 12.7. The standard InChI is InChI=1S/C17H15ClN2O2S/c1-12(21)15-9-8-14(18)10-16(15)23(2,11-19)20-17(22)13-6-4-3-5-7-13/h3-10H,1-2H3,(H,20,22). The molecular formula is C17H15ClN2O2S. The number of nitrogens with one attached hydrogen (secondary N) is 1. The number of ketones is 1. The normalized spacial score (nSPS) is 14.2. The first-order valence-corrected chi connectivity index (χ1v) is 9.16. The van der Waals surface area contributed by atoms with Gasteiger partial charge >= 0.3 is 0 Å². The molecule has 1 atom stereocenters. The van der Waals surface area contributed by atoms with Crippen molar-refractivity contribution in [3.63, 3.8) is 0 Å². The molecule has 1 amide bonds. The summed E-state index contributed by atoms with van der Waals surface area (Å²) in [5.74, 6) is -0.543. The molecule has 0 spiro atoms. The molecule has 1 unspecified atom stereocenters. The third-order valence-corrected chi connectivity index (χ3v) is 5.69. The van der Waals surface area contributed by atoms with Crippen molar-refractivity contribution in [2.75, 3.05) is 6.26 Å². The Kier molecular flexibility index (Phi) is 5.09. The van der Waals surface area contributed by atoms with Crippen molar-refractivity contribution < 1.29 is 9.59 Å². The zero-order valence-corrected chi connectivity index (χ0v) is 14.2. The molecule has 2 rings (SSSR count). The first-order valence-electron chi connectivity index (χ1n) is 6.74. The third kappa shape index (κ3) is 3.73. The Morgan fingerprint density at radius 3 is 2.39 bits per heavy atom. The van der Waals surface area contributed by atoms with Gasteiger partial charge in [-0.05, 0) is 43.5 Å². The van der Waals surface area contributed by atoms with Gasteiger partial charge in [-0.2, -0.15) is 5.26 Å². The van der Waals surface area contributed by atoms with Gasteiger partial charge in [0.2, 0.25) is 0 Å². The van der Waals surface area contributed by atoms with Crippen LogP contribution in [0.5, 0.6) is 0 Å². The van der Waals surface area contributed by atoms with Gasteiger partial charge in [-0.3, -0.25) is 14.3 Å². The van der Waals surface area contributed by atoms with Gasteiger partial charge in [0.15, 0.2) is 5.78 Å². The second kappa shape index (κ2) is 6.86. The van der Waals surface area contributed by atoms with E-state index < -0.39 is 10.2 Å². The van der Waals surface area contributed by atoms with E-state index in [0.29, 0.717) is 21.0 Å². The van der Waals surface area contributed by atoms with Gasteiger partial charge in [0.1, 0.15) is 5.40 Å². The van der Waals surface area contributed by atoms with Crippen molar-refractivity contribution >= 4 is 33.5 Å². The molecule has 2 aromatic carbocycles. The molecule has 0 aromatic heterocycles. The van der Waals surface area contributed by atoms with E-state index in [4.69, 9.17) is 11.6 Å². The number of amides is 1. The van der Waals surface area contributed by atoms with Crippen molar-refractivity contribution in [3.05, 3.63) is 64.7 Å². The van der Waals surface area contributed by atoms with E-state index in [-0.39, 0.29) is 11.7 Å². The minimum Gasteiger partial charge on any atom is -0.299 e. The maximum atomic E-state index is 12.4. The van der Waals surface area contributed by atoms with Crippen LogP contribution in [0.2, 0.25) is 5.02 Å². The number of benzene rings is 2. The lowest BCUT2D eigenvalue weighted by atomic mass is 10.1. The summed E-state index contributed by atoms with van der Waals surface area (Å²) in [5.41, 5.74) is 0.842. The summed E-state index contributed by atoms with van der Waals surface area (Å²) in [6.07, 6.45) is 1.63. The molecule has 6 heteroatoms. The molecule has 23 heavy (non-hydrogen) atoms. The number of rotatable bonds is 4. The van der Waals surface area contributed by atoms with Crippen molar-refractivity contribution in [2.45, 2.75) is 11.8 Å². The van der Waals surface area contributed by atoms with Gasteiger partial charge in [-0.25, -0.2) is 0 Å². The molecule has 0 bridgehead atoms. The molecule has 0 radical (unpaired) electrons. The van der Waals surface area contributed by atoms with Crippen LogP contribution in [-0.2, 0) is 0 Å². The summed E-state index contributed by atoms with van der Waals surface area (Å²) in [6, 6.07) is 13.4. The fourth-order valence-corrected chi connectivity index (χ4v) is 4.08. The average Bonchev–Trinajstić information content (AvgIpc) is 2.55. The number of halogens is 1. The predicted octanol–water partition coefficient (Wildman–Crippen LogP) is 4.16. The van der Waals surface area contributed by atoms with Crippen LogP contribution in [0, 0.1) is 10.7 Å². The Balaban J connectivity index is 2.46. The van der Waals surface area contributed by atoms with Crippen LogP contribution in [0.1, 0.15) is 27.6 Å². The Morgan fingerprint density at radius 1 is 1.17 bits per heavy atom. The largest absolute Gasteiger partial charge is 0.299 e. The van der Waals surface area contributed by atoms with Crippen molar-refractivity contribution in [1.29, 1.82) is 5.26 Å². The van der Waals surface area contributed by atoms with Crippen LogP contribution in [-0.4, -0.2) is 17.9 Å². The van der Waals surface area contributed by atoms with Gasteiger partial charge < -0.3 is 0 Å². The summed E-state index contributed by atoms with van der Waals surface area (Å²) in [7, 11) is -2.40. The summed E-state index contributed by atoms with van der Waals surface area (Å²) in [5, 5.41) is 12.2. The van der Waals surface area contributed by atoms with Gasteiger partial charge in [0.05, 0.1) is 0 Å².